The Kier molecular flexibility index (Phi) is 4.09. The third-order valence-corrected chi connectivity index (χ3v) is 3.13. The number of carbonyl (C=O) groups is 1. The summed E-state index contributed by atoms with van der Waals surface area (Å²) in [5.74, 6) is -0.383. The first-order chi connectivity index (χ1) is 8.56. The Labute approximate surface area is 106 Å². The Balaban J connectivity index is 2.00. The van der Waals surface area contributed by atoms with Gasteiger partial charge in [0, 0.05) is 24.1 Å². The molecule has 0 spiro atoms. The zero-order valence-corrected chi connectivity index (χ0v) is 10.7. The van der Waals surface area contributed by atoms with Crippen LogP contribution in [-0.2, 0) is 4.74 Å². The molecule has 1 heterocycles. The number of hydrogen-bond donors (Lipinski definition) is 1. The first-order valence-electron chi connectivity index (χ1n) is 6.19. The minimum absolute atomic E-state index is 0.0191. The van der Waals surface area contributed by atoms with E-state index in [1.807, 2.05) is 6.92 Å². The highest BCUT2D eigenvalue weighted by Gasteiger charge is 2.21. The van der Waals surface area contributed by atoms with Crippen molar-refractivity contribution < 1.29 is 13.9 Å². The van der Waals surface area contributed by atoms with Crippen LogP contribution in [0.5, 0.6) is 0 Å². The molecule has 1 aliphatic rings. The maximum absolute atomic E-state index is 13.4. The lowest BCUT2D eigenvalue weighted by molar-refractivity contribution is 0.0463. The summed E-state index contributed by atoms with van der Waals surface area (Å²) in [5.41, 5.74) is 0.984. The Morgan fingerprint density at radius 3 is 2.94 bits per heavy atom. The molecule has 4 heteroatoms. The highest BCUT2D eigenvalue weighted by molar-refractivity contribution is 5.96. The molecule has 0 saturated carbocycles. The average molecular weight is 251 g/mol. The lowest BCUT2D eigenvalue weighted by Gasteiger charge is -2.28. The Bertz CT molecular complexity index is 447. The summed E-state index contributed by atoms with van der Waals surface area (Å²) >= 11 is 0. The highest BCUT2D eigenvalue weighted by atomic mass is 19.1. The van der Waals surface area contributed by atoms with Gasteiger partial charge >= 0.3 is 0 Å². The number of morpholine rings is 1. The molecule has 2 rings (SSSR count). The summed E-state index contributed by atoms with van der Waals surface area (Å²) in [7, 11) is 0. The van der Waals surface area contributed by atoms with Gasteiger partial charge in [0.05, 0.1) is 13.2 Å². The van der Waals surface area contributed by atoms with Gasteiger partial charge in [0.1, 0.15) is 5.82 Å². The van der Waals surface area contributed by atoms with Gasteiger partial charge in [-0.15, -0.1) is 0 Å². The number of benzene rings is 1. The number of aryl methyl sites for hydroxylation is 1. The van der Waals surface area contributed by atoms with E-state index in [1.54, 1.807) is 19.1 Å². The quantitative estimate of drug-likeness (QED) is 0.836. The van der Waals surface area contributed by atoms with E-state index in [0.717, 1.165) is 0 Å². The minimum Gasteiger partial charge on any atom is -0.378 e. The van der Waals surface area contributed by atoms with Crippen LogP contribution in [0.15, 0.2) is 18.2 Å². The average Bonchev–Trinajstić information content (AvgIpc) is 2.32. The van der Waals surface area contributed by atoms with Crippen LogP contribution in [0.4, 0.5) is 4.39 Å². The molecule has 1 fully saturated rings. The number of Topliss-reactive ketones (excluding diaryl/α,β-unsaturated/α-hetero) is 1. The van der Waals surface area contributed by atoms with E-state index in [2.05, 4.69) is 5.32 Å². The number of halogens is 1. The van der Waals surface area contributed by atoms with Crippen LogP contribution >= 0.6 is 0 Å². The summed E-state index contributed by atoms with van der Waals surface area (Å²) in [4.78, 5) is 12.0. The number of hydrogen-bond acceptors (Lipinski definition) is 3. The topological polar surface area (TPSA) is 38.3 Å². The second kappa shape index (κ2) is 5.59. The molecule has 18 heavy (non-hydrogen) atoms. The molecule has 98 valence electrons. The van der Waals surface area contributed by atoms with Gasteiger partial charge in [-0.3, -0.25) is 4.79 Å². The SMILES string of the molecule is Cc1ccc(C(=O)CC2COCC(C)N2)cc1F. The van der Waals surface area contributed by atoms with Crippen LogP contribution in [0, 0.1) is 12.7 Å². The van der Waals surface area contributed by atoms with Crippen LogP contribution < -0.4 is 5.32 Å². The molecule has 0 amide bonds. The number of carbonyl (C=O) groups excluding carboxylic acids is 1. The molecule has 1 aliphatic heterocycles. The lowest BCUT2D eigenvalue weighted by Crippen LogP contribution is -2.48. The zero-order valence-electron chi connectivity index (χ0n) is 10.7. The van der Waals surface area contributed by atoms with Gasteiger partial charge in [0.15, 0.2) is 5.78 Å². The third kappa shape index (κ3) is 3.15. The van der Waals surface area contributed by atoms with Crippen LogP contribution in [-0.4, -0.2) is 31.1 Å². The van der Waals surface area contributed by atoms with E-state index in [9.17, 15) is 9.18 Å². The second-order valence-electron chi connectivity index (χ2n) is 4.89. The van der Waals surface area contributed by atoms with E-state index in [4.69, 9.17) is 4.74 Å². The monoisotopic (exact) mass is 251 g/mol. The molecule has 0 aliphatic carbocycles. The largest absolute Gasteiger partial charge is 0.378 e. The van der Waals surface area contributed by atoms with Gasteiger partial charge in [0.2, 0.25) is 0 Å². The smallest absolute Gasteiger partial charge is 0.164 e. The fourth-order valence-electron chi connectivity index (χ4n) is 2.11. The fourth-order valence-corrected chi connectivity index (χ4v) is 2.11. The van der Waals surface area contributed by atoms with E-state index in [1.165, 1.54) is 6.07 Å². The van der Waals surface area contributed by atoms with Gasteiger partial charge in [-0.05, 0) is 25.5 Å². The Morgan fingerprint density at radius 1 is 1.50 bits per heavy atom. The number of ketones is 1. The van der Waals surface area contributed by atoms with Crippen LogP contribution in [0.25, 0.3) is 0 Å². The molecule has 0 aromatic heterocycles. The number of nitrogens with one attached hydrogen (secondary N) is 1. The van der Waals surface area contributed by atoms with Crippen LogP contribution in [0.1, 0.15) is 29.3 Å². The molecular formula is C14H18FNO2. The molecule has 1 aromatic carbocycles. The molecule has 1 N–H and O–H groups in total. The van der Waals surface area contributed by atoms with Gasteiger partial charge in [-0.1, -0.05) is 12.1 Å². The molecule has 1 saturated heterocycles. The summed E-state index contributed by atoms with van der Waals surface area (Å²) < 4.78 is 18.8. The van der Waals surface area contributed by atoms with Crippen LogP contribution in [0.3, 0.4) is 0 Å². The number of rotatable bonds is 3. The standard InChI is InChI=1S/C14H18FNO2/c1-9-3-4-11(5-13(9)15)14(17)6-12-8-18-7-10(2)16-12/h3-5,10,12,16H,6-8H2,1-2H3. The minimum atomic E-state index is -0.331. The molecule has 0 radical (unpaired) electrons. The molecule has 1 aromatic rings. The molecular weight excluding hydrogens is 233 g/mol. The van der Waals surface area contributed by atoms with Crippen molar-refractivity contribution in [2.45, 2.75) is 32.4 Å². The van der Waals surface area contributed by atoms with Crippen molar-refractivity contribution in [1.29, 1.82) is 0 Å². The summed E-state index contributed by atoms with van der Waals surface area (Å²) in [6.07, 6.45) is 0.340. The van der Waals surface area contributed by atoms with Crippen molar-refractivity contribution in [1.82, 2.24) is 5.32 Å². The normalized spacial score (nSPS) is 23.9. The summed E-state index contributed by atoms with van der Waals surface area (Å²) in [6.45, 7) is 4.90. The Morgan fingerprint density at radius 2 is 2.28 bits per heavy atom. The first-order valence-corrected chi connectivity index (χ1v) is 6.19. The maximum Gasteiger partial charge on any atom is 0.164 e. The van der Waals surface area contributed by atoms with Crippen molar-refractivity contribution in [3.63, 3.8) is 0 Å². The van der Waals surface area contributed by atoms with Gasteiger partial charge in [0.25, 0.3) is 0 Å². The van der Waals surface area contributed by atoms with Crippen molar-refractivity contribution in [2.75, 3.05) is 13.2 Å². The van der Waals surface area contributed by atoms with Crippen LogP contribution in [0.2, 0.25) is 0 Å². The zero-order chi connectivity index (χ0) is 13.1. The van der Waals surface area contributed by atoms with Gasteiger partial charge in [-0.25, -0.2) is 4.39 Å². The predicted molar refractivity (Wildman–Crippen MR) is 67.3 cm³/mol. The lowest BCUT2D eigenvalue weighted by atomic mass is 10.0. The molecule has 3 nitrogen and oxygen atoms in total. The van der Waals surface area contributed by atoms with Crippen molar-refractivity contribution >= 4 is 5.78 Å². The van der Waals surface area contributed by atoms with Gasteiger partial charge in [-0.2, -0.15) is 0 Å². The predicted octanol–water partition coefficient (Wildman–Crippen LogP) is 2.08. The maximum atomic E-state index is 13.4. The second-order valence-corrected chi connectivity index (χ2v) is 4.89. The van der Waals surface area contributed by atoms with E-state index in [-0.39, 0.29) is 23.7 Å². The summed E-state index contributed by atoms with van der Waals surface area (Å²) in [5, 5.41) is 3.30. The van der Waals surface area contributed by atoms with E-state index < -0.39 is 0 Å². The first kappa shape index (κ1) is 13.2. The van der Waals surface area contributed by atoms with Crippen molar-refractivity contribution in [2.24, 2.45) is 0 Å². The molecule has 2 atom stereocenters. The van der Waals surface area contributed by atoms with E-state index in [0.29, 0.717) is 30.8 Å². The van der Waals surface area contributed by atoms with Crippen molar-refractivity contribution in [3.05, 3.63) is 35.1 Å². The molecule has 0 bridgehead atoms. The third-order valence-electron chi connectivity index (χ3n) is 3.13. The number of ether oxygens (including phenoxy) is 1. The molecule has 2 unspecified atom stereocenters. The van der Waals surface area contributed by atoms with Crippen molar-refractivity contribution in [3.8, 4) is 0 Å². The highest BCUT2D eigenvalue weighted by Crippen LogP contribution is 2.13. The van der Waals surface area contributed by atoms with E-state index >= 15 is 0 Å². The van der Waals surface area contributed by atoms with Gasteiger partial charge < -0.3 is 10.1 Å². The summed E-state index contributed by atoms with van der Waals surface area (Å²) in [6, 6.07) is 4.89. The fraction of sp³-hybridized carbons (Fsp3) is 0.500. The Hall–Kier alpha value is -1.26.